The van der Waals surface area contributed by atoms with E-state index >= 15 is 0 Å². The van der Waals surface area contributed by atoms with E-state index in [0.717, 1.165) is 0 Å². The minimum atomic E-state index is -3.47. The van der Waals surface area contributed by atoms with E-state index in [9.17, 15) is 13.2 Å². The molecule has 1 saturated heterocycles. The van der Waals surface area contributed by atoms with Gasteiger partial charge in [0, 0.05) is 19.6 Å². The van der Waals surface area contributed by atoms with Crippen molar-refractivity contribution in [2.24, 2.45) is 0 Å². The summed E-state index contributed by atoms with van der Waals surface area (Å²) in [4.78, 5) is 10.9. The van der Waals surface area contributed by atoms with Crippen molar-refractivity contribution in [2.75, 3.05) is 13.2 Å². The summed E-state index contributed by atoms with van der Waals surface area (Å²) in [5.74, 6) is -0.448. The fraction of sp³-hybridized carbons (Fsp3) is 0.875. The number of ether oxygens (including phenoxy) is 1. The quantitative estimate of drug-likeness (QED) is 0.729. The Morgan fingerprint density at radius 3 is 2.50 bits per heavy atom. The first-order chi connectivity index (χ1) is 6.56. The van der Waals surface area contributed by atoms with Crippen LogP contribution in [-0.4, -0.2) is 32.8 Å². The average Bonchev–Trinajstić information content (AvgIpc) is 2.18. The van der Waals surface area contributed by atoms with Crippen molar-refractivity contribution in [3.05, 3.63) is 0 Å². The Kier molecular flexibility index (Phi) is 3.88. The van der Waals surface area contributed by atoms with Crippen molar-refractivity contribution in [3.63, 3.8) is 0 Å². The van der Waals surface area contributed by atoms with Gasteiger partial charge in [-0.1, -0.05) is 6.92 Å². The maximum atomic E-state index is 11.6. The molecule has 1 aliphatic rings. The Morgan fingerprint density at radius 1 is 1.43 bits per heavy atom. The summed E-state index contributed by atoms with van der Waals surface area (Å²) < 4.78 is 30.2. The van der Waals surface area contributed by atoms with Gasteiger partial charge in [-0.05, 0) is 12.8 Å². The van der Waals surface area contributed by atoms with E-state index in [1.807, 2.05) is 0 Å². The molecule has 0 aromatic heterocycles. The smallest absolute Gasteiger partial charge is 0.237 e. The van der Waals surface area contributed by atoms with Crippen LogP contribution in [0.5, 0.6) is 0 Å². The van der Waals surface area contributed by atoms with E-state index in [1.165, 1.54) is 0 Å². The van der Waals surface area contributed by atoms with Gasteiger partial charge in [-0.2, -0.15) is 0 Å². The van der Waals surface area contributed by atoms with Crippen LogP contribution in [0.3, 0.4) is 0 Å². The molecule has 0 saturated carbocycles. The third kappa shape index (κ3) is 2.95. The van der Waals surface area contributed by atoms with Crippen molar-refractivity contribution in [3.8, 4) is 0 Å². The lowest BCUT2D eigenvalue weighted by atomic mass is 10.2. The standard InChI is InChI=1S/C8H15NO4S/c1-2-8(10)9-14(11,12)7-3-5-13-6-4-7/h7H,2-6H2,1H3,(H,9,10). The van der Waals surface area contributed by atoms with E-state index < -0.39 is 21.2 Å². The summed E-state index contributed by atoms with van der Waals surface area (Å²) >= 11 is 0. The normalized spacial score (nSPS) is 19.2. The Bertz CT molecular complexity index is 292. The fourth-order valence-corrected chi connectivity index (χ4v) is 2.74. The maximum absolute atomic E-state index is 11.6. The van der Waals surface area contributed by atoms with E-state index in [-0.39, 0.29) is 6.42 Å². The van der Waals surface area contributed by atoms with Crippen molar-refractivity contribution >= 4 is 15.9 Å². The molecule has 14 heavy (non-hydrogen) atoms. The maximum Gasteiger partial charge on any atom is 0.237 e. The number of carbonyl (C=O) groups excluding carboxylic acids is 1. The van der Waals surface area contributed by atoms with Crippen molar-refractivity contribution < 1.29 is 17.9 Å². The molecule has 0 aliphatic carbocycles. The minimum absolute atomic E-state index is 0.183. The lowest BCUT2D eigenvalue weighted by Crippen LogP contribution is -2.40. The van der Waals surface area contributed by atoms with Gasteiger partial charge < -0.3 is 4.74 Å². The van der Waals surface area contributed by atoms with Crippen LogP contribution in [0.2, 0.25) is 0 Å². The molecule has 0 aromatic rings. The summed E-state index contributed by atoms with van der Waals surface area (Å²) in [6.45, 7) is 2.52. The van der Waals surface area contributed by atoms with Crippen LogP contribution < -0.4 is 4.72 Å². The zero-order valence-corrected chi connectivity index (χ0v) is 8.97. The predicted octanol–water partition coefficient (Wildman–Crippen LogP) is 0.0214. The zero-order chi connectivity index (χ0) is 10.6. The summed E-state index contributed by atoms with van der Waals surface area (Å²) in [5, 5.41) is -0.480. The first kappa shape index (κ1) is 11.5. The molecule has 5 nitrogen and oxygen atoms in total. The van der Waals surface area contributed by atoms with Crippen molar-refractivity contribution in [1.29, 1.82) is 0 Å². The average molecular weight is 221 g/mol. The van der Waals surface area contributed by atoms with E-state index in [1.54, 1.807) is 6.92 Å². The van der Waals surface area contributed by atoms with E-state index in [0.29, 0.717) is 26.1 Å². The van der Waals surface area contributed by atoms with Gasteiger partial charge >= 0.3 is 0 Å². The summed E-state index contributed by atoms with van der Waals surface area (Å²) in [5.41, 5.74) is 0. The highest BCUT2D eigenvalue weighted by molar-refractivity contribution is 7.90. The largest absolute Gasteiger partial charge is 0.381 e. The molecular weight excluding hydrogens is 206 g/mol. The molecule has 0 unspecified atom stereocenters. The molecule has 0 spiro atoms. The summed E-state index contributed by atoms with van der Waals surface area (Å²) in [7, 11) is -3.47. The predicted molar refractivity (Wildman–Crippen MR) is 51.2 cm³/mol. The van der Waals surface area contributed by atoms with Crippen LogP contribution in [0.1, 0.15) is 26.2 Å². The van der Waals surface area contributed by atoms with Crippen molar-refractivity contribution in [2.45, 2.75) is 31.4 Å². The molecule has 0 bridgehead atoms. The first-order valence-corrected chi connectivity index (χ1v) is 6.23. The highest BCUT2D eigenvalue weighted by Gasteiger charge is 2.28. The zero-order valence-electron chi connectivity index (χ0n) is 8.15. The first-order valence-electron chi connectivity index (χ1n) is 4.68. The van der Waals surface area contributed by atoms with Gasteiger partial charge in [0.05, 0.1) is 5.25 Å². The van der Waals surface area contributed by atoms with Crippen LogP contribution in [0.25, 0.3) is 0 Å². The number of amides is 1. The van der Waals surface area contributed by atoms with Crippen LogP contribution in [0, 0.1) is 0 Å². The molecule has 1 heterocycles. The molecule has 82 valence electrons. The number of hydrogen-bond donors (Lipinski definition) is 1. The Morgan fingerprint density at radius 2 is 2.00 bits per heavy atom. The van der Waals surface area contributed by atoms with Crippen LogP contribution >= 0.6 is 0 Å². The van der Waals surface area contributed by atoms with Gasteiger partial charge in [0.25, 0.3) is 0 Å². The second-order valence-corrected chi connectivity index (χ2v) is 5.20. The highest BCUT2D eigenvalue weighted by Crippen LogP contribution is 2.14. The van der Waals surface area contributed by atoms with Gasteiger partial charge in [-0.3, -0.25) is 9.52 Å². The number of rotatable bonds is 3. The summed E-state index contributed by atoms with van der Waals surface area (Å²) in [6.07, 6.45) is 1.11. The number of hydrogen-bond acceptors (Lipinski definition) is 4. The van der Waals surface area contributed by atoms with Gasteiger partial charge in [0.15, 0.2) is 0 Å². The number of nitrogens with one attached hydrogen (secondary N) is 1. The van der Waals surface area contributed by atoms with Gasteiger partial charge in [0.1, 0.15) is 0 Å². The number of carbonyl (C=O) groups is 1. The van der Waals surface area contributed by atoms with E-state index in [2.05, 4.69) is 4.72 Å². The molecule has 6 heteroatoms. The monoisotopic (exact) mass is 221 g/mol. The molecule has 1 amide bonds. The molecule has 1 N–H and O–H groups in total. The molecule has 0 atom stereocenters. The topological polar surface area (TPSA) is 72.5 Å². The lowest BCUT2D eigenvalue weighted by molar-refractivity contribution is -0.119. The van der Waals surface area contributed by atoms with Crippen LogP contribution in [0.15, 0.2) is 0 Å². The van der Waals surface area contributed by atoms with Gasteiger partial charge in [-0.15, -0.1) is 0 Å². The Hall–Kier alpha value is -0.620. The molecule has 1 fully saturated rings. The molecule has 0 radical (unpaired) electrons. The van der Waals surface area contributed by atoms with Gasteiger partial charge in [-0.25, -0.2) is 8.42 Å². The third-order valence-corrected chi connectivity index (χ3v) is 4.05. The molecule has 1 aliphatic heterocycles. The number of sulfonamides is 1. The van der Waals surface area contributed by atoms with Crippen molar-refractivity contribution in [1.82, 2.24) is 4.72 Å². The van der Waals surface area contributed by atoms with E-state index in [4.69, 9.17) is 4.74 Å². The second kappa shape index (κ2) is 4.75. The molecule has 1 rings (SSSR count). The fourth-order valence-electron chi connectivity index (χ4n) is 1.30. The second-order valence-electron chi connectivity index (χ2n) is 3.24. The van der Waals surface area contributed by atoms with Crippen LogP contribution in [-0.2, 0) is 19.6 Å². The minimum Gasteiger partial charge on any atom is -0.381 e. The highest BCUT2D eigenvalue weighted by atomic mass is 32.2. The Labute approximate surface area is 83.9 Å². The molecule has 0 aromatic carbocycles. The lowest BCUT2D eigenvalue weighted by Gasteiger charge is -2.21. The third-order valence-electron chi connectivity index (χ3n) is 2.18. The van der Waals surface area contributed by atoms with Gasteiger partial charge in [0.2, 0.25) is 15.9 Å². The summed E-state index contributed by atoms with van der Waals surface area (Å²) in [6, 6.07) is 0. The Balaban J connectivity index is 2.59. The SMILES string of the molecule is CCC(=O)NS(=O)(=O)C1CCOCC1. The molecular formula is C8H15NO4S. The van der Waals surface area contributed by atoms with Crippen LogP contribution in [0.4, 0.5) is 0 Å².